The molecule has 0 saturated carbocycles. The summed E-state index contributed by atoms with van der Waals surface area (Å²) in [4.78, 5) is 3.21. The smallest absolute Gasteiger partial charge is 0.0454 e. The molecule has 3 N–H and O–H groups in total. The molecule has 17 heavy (non-hydrogen) atoms. The van der Waals surface area contributed by atoms with Crippen LogP contribution in [0.5, 0.6) is 0 Å². The standard InChI is InChI=1S/C14H21N3/c1-3-15-9-11(2)17-10-12-4-5-14-13(8-12)6-7-16-14/h4-8,11,15-17H,3,9-10H2,1-2H3. The van der Waals surface area contributed by atoms with Gasteiger partial charge in [0.1, 0.15) is 0 Å². The van der Waals surface area contributed by atoms with E-state index in [1.54, 1.807) is 0 Å². The highest BCUT2D eigenvalue weighted by molar-refractivity contribution is 5.79. The average Bonchev–Trinajstić information content (AvgIpc) is 2.81. The zero-order valence-electron chi connectivity index (χ0n) is 10.6. The number of fused-ring (bicyclic) bond motifs is 1. The normalized spacial score (nSPS) is 13.1. The highest BCUT2D eigenvalue weighted by Gasteiger charge is 2.01. The van der Waals surface area contributed by atoms with E-state index < -0.39 is 0 Å². The fourth-order valence-electron chi connectivity index (χ4n) is 1.94. The van der Waals surface area contributed by atoms with Gasteiger partial charge in [-0.2, -0.15) is 0 Å². The largest absolute Gasteiger partial charge is 0.361 e. The second kappa shape index (κ2) is 5.84. The minimum Gasteiger partial charge on any atom is -0.361 e. The van der Waals surface area contributed by atoms with Gasteiger partial charge in [0.25, 0.3) is 0 Å². The molecule has 0 aliphatic carbocycles. The summed E-state index contributed by atoms with van der Waals surface area (Å²) in [5, 5.41) is 8.14. The van der Waals surface area contributed by atoms with E-state index in [2.05, 4.69) is 53.7 Å². The Hall–Kier alpha value is -1.32. The van der Waals surface area contributed by atoms with Crippen molar-refractivity contribution in [1.82, 2.24) is 15.6 Å². The molecule has 92 valence electrons. The maximum Gasteiger partial charge on any atom is 0.0454 e. The molecular formula is C14H21N3. The summed E-state index contributed by atoms with van der Waals surface area (Å²) in [5.41, 5.74) is 2.54. The minimum atomic E-state index is 0.497. The predicted molar refractivity (Wildman–Crippen MR) is 73.1 cm³/mol. The fraction of sp³-hybridized carbons (Fsp3) is 0.429. The third kappa shape index (κ3) is 3.32. The third-order valence-electron chi connectivity index (χ3n) is 2.97. The van der Waals surface area contributed by atoms with Crippen LogP contribution >= 0.6 is 0 Å². The van der Waals surface area contributed by atoms with Crippen molar-refractivity contribution in [3.8, 4) is 0 Å². The molecule has 1 atom stereocenters. The molecule has 0 bridgehead atoms. The van der Waals surface area contributed by atoms with Gasteiger partial charge in [-0.3, -0.25) is 0 Å². The average molecular weight is 231 g/mol. The molecule has 1 heterocycles. The van der Waals surface area contributed by atoms with Crippen LogP contribution in [0.2, 0.25) is 0 Å². The van der Waals surface area contributed by atoms with Gasteiger partial charge in [0.15, 0.2) is 0 Å². The summed E-state index contributed by atoms with van der Waals surface area (Å²) >= 11 is 0. The van der Waals surface area contributed by atoms with Crippen LogP contribution in [0.3, 0.4) is 0 Å². The first-order chi connectivity index (χ1) is 8.29. The van der Waals surface area contributed by atoms with E-state index in [0.29, 0.717) is 6.04 Å². The Bertz CT molecular complexity index is 461. The molecule has 3 nitrogen and oxygen atoms in total. The number of aromatic amines is 1. The van der Waals surface area contributed by atoms with Gasteiger partial charge in [0, 0.05) is 30.8 Å². The topological polar surface area (TPSA) is 39.8 Å². The lowest BCUT2D eigenvalue weighted by molar-refractivity contribution is 0.509. The van der Waals surface area contributed by atoms with Crippen LogP contribution in [0.4, 0.5) is 0 Å². The first-order valence-corrected chi connectivity index (χ1v) is 6.29. The maximum absolute atomic E-state index is 3.52. The van der Waals surface area contributed by atoms with E-state index in [0.717, 1.165) is 19.6 Å². The molecule has 0 aliphatic rings. The summed E-state index contributed by atoms with van der Waals surface area (Å²) in [6.07, 6.45) is 1.98. The first kappa shape index (κ1) is 12.1. The molecule has 1 aromatic heterocycles. The molecule has 0 fully saturated rings. The molecule has 3 heteroatoms. The fourth-order valence-corrected chi connectivity index (χ4v) is 1.94. The van der Waals surface area contributed by atoms with Crippen LogP contribution in [0.25, 0.3) is 10.9 Å². The second-order valence-electron chi connectivity index (χ2n) is 4.49. The van der Waals surface area contributed by atoms with Gasteiger partial charge < -0.3 is 15.6 Å². The lowest BCUT2D eigenvalue weighted by atomic mass is 10.1. The van der Waals surface area contributed by atoms with Crippen molar-refractivity contribution in [3.05, 3.63) is 36.0 Å². The highest BCUT2D eigenvalue weighted by atomic mass is 15.0. The number of H-pyrrole nitrogens is 1. The second-order valence-corrected chi connectivity index (χ2v) is 4.49. The quantitative estimate of drug-likeness (QED) is 0.713. The highest BCUT2D eigenvalue weighted by Crippen LogP contribution is 2.14. The van der Waals surface area contributed by atoms with E-state index in [4.69, 9.17) is 0 Å². The Balaban J connectivity index is 1.89. The van der Waals surface area contributed by atoms with E-state index in [1.165, 1.54) is 16.5 Å². The molecule has 0 saturated heterocycles. The summed E-state index contributed by atoms with van der Waals surface area (Å²) < 4.78 is 0. The van der Waals surface area contributed by atoms with Crippen LogP contribution in [-0.2, 0) is 6.54 Å². The van der Waals surface area contributed by atoms with Crippen molar-refractivity contribution in [1.29, 1.82) is 0 Å². The summed E-state index contributed by atoms with van der Waals surface area (Å²) in [5.74, 6) is 0. The Morgan fingerprint density at radius 2 is 2.18 bits per heavy atom. The van der Waals surface area contributed by atoms with Crippen LogP contribution < -0.4 is 10.6 Å². The lowest BCUT2D eigenvalue weighted by Crippen LogP contribution is -2.35. The van der Waals surface area contributed by atoms with Crippen LogP contribution in [0.15, 0.2) is 30.5 Å². The number of likely N-dealkylation sites (N-methyl/N-ethyl adjacent to an activating group) is 1. The Morgan fingerprint density at radius 3 is 3.00 bits per heavy atom. The molecule has 1 unspecified atom stereocenters. The van der Waals surface area contributed by atoms with Crippen molar-refractivity contribution < 1.29 is 0 Å². The van der Waals surface area contributed by atoms with Gasteiger partial charge in [-0.1, -0.05) is 13.0 Å². The van der Waals surface area contributed by atoms with E-state index in [1.807, 2.05) is 6.20 Å². The van der Waals surface area contributed by atoms with E-state index in [9.17, 15) is 0 Å². The number of aromatic nitrogens is 1. The van der Waals surface area contributed by atoms with Crippen molar-refractivity contribution >= 4 is 10.9 Å². The molecule has 0 radical (unpaired) electrons. The molecule has 2 aromatic rings. The van der Waals surface area contributed by atoms with Crippen LogP contribution in [-0.4, -0.2) is 24.1 Å². The molecule has 0 amide bonds. The molecular weight excluding hydrogens is 210 g/mol. The molecule has 2 rings (SSSR count). The zero-order valence-corrected chi connectivity index (χ0v) is 10.6. The van der Waals surface area contributed by atoms with Crippen molar-refractivity contribution in [2.45, 2.75) is 26.4 Å². The van der Waals surface area contributed by atoms with E-state index >= 15 is 0 Å². The van der Waals surface area contributed by atoms with Crippen LogP contribution in [0.1, 0.15) is 19.4 Å². The first-order valence-electron chi connectivity index (χ1n) is 6.29. The Kier molecular flexibility index (Phi) is 4.18. The van der Waals surface area contributed by atoms with Gasteiger partial charge in [-0.15, -0.1) is 0 Å². The number of benzene rings is 1. The molecule has 1 aromatic carbocycles. The Morgan fingerprint density at radius 1 is 1.29 bits per heavy atom. The summed E-state index contributed by atoms with van der Waals surface area (Å²) in [6, 6.07) is 9.16. The zero-order chi connectivity index (χ0) is 12.1. The number of hydrogen-bond acceptors (Lipinski definition) is 2. The Labute approximate surface area is 103 Å². The monoisotopic (exact) mass is 231 g/mol. The van der Waals surface area contributed by atoms with Crippen molar-refractivity contribution in [2.24, 2.45) is 0 Å². The van der Waals surface area contributed by atoms with Crippen LogP contribution in [0, 0.1) is 0 Å². The van der Waals surface area contributed by atoms with Gasteiger partial charge in [-0.05, 0) is 42.6 Å². The van der Waals surface area contributed by atoms with Crippen molar-refractivity contribution in [3.63, 3.8) is 0 Å². The molecule has 0 aliphatic heterocycles. The predicted octanol–water partition coefficient (Wildman–Crippen LogP) is 2.26. The number of hydrogen-bond donors (Lipinski definition) is 3. The van der Waals surface area contributed by atoms with Crippen molar-refractivity contribution in [2.75, 3.05) is 13.1 Å². The summed E-state index contributed by atoms with van der Waals surface area (Å²) in [6.45, 7) is 7.31. The van der Waals surface area contributed by atoms with E-state index in [-0.39, 0.29) is 0 Å². The SMILES string of the molecule is CCNCC(C)NCc1ccc2[nH]ccc2c1. The number of nitrogens with one attached hydrogen (secondary N) is 3. The number of rotatable bonds is 6. The van der Waals surface area contributed by atoms with Gasteiger partial charge >= 0.3 is 0 Å². The minimum absolute atomic E-state index is 0.497. The maximum atomic E-state index is 3.52. The summed E-state index contributed by atoms with van der Waals surface area (Å²) in [7, 11) is 0. The lowest BCUT2D eigenvalue weighted by Gasteiger charge is -2.14. The molecule has 0 spiro atoms. The van der Waals surface area contributed by atoms with Gasteiger partial charge in [-0.25, -0.2) is 0 Å². The third-order valence-corrected chi connectivity index (χ3v) is 2.97. The van der Waals surface area contributed by atoms with Gasteiger partial charge in [0.05, 0.1) is 0 Å². The van der Waals surface area contributed by atoms with Gasteiger partial charge in [0.2, 0.25) is 0 Å².